The Labute approximate surface area is 124 Å². The molecular formula is C15H21N3O3. The number of rotatable bonds is 4. The molecule has 21 heavy (non-hydrogen) atoms. The van der Waals surface area contributed by atoms with E-state index < -0.39 is 0 Å². The average Bonchev–Trinajstić information content (AvgIpc) is 2.91. The molecule has 2 aliphatic rings. The van der Waals surface area contributed by atoms with Gasteiger partial charge in [0.05, 0.1) is 11.5 Å². The van der Waals surface area contributed by atoms with Crippen LogP contribution in [0, 0.1) is 16.0 Å². The lowest BCUT2D eigenvalue weighted by Gasteiger charge is -2.24. The second-order valence-electron chi connectivity index (χ2n) is 5.71. The van der Waals surface area contributed by atoms with E-state index in [2.05, 4.69) is 10.2 Å². The number of hydrogen-bond donors (Lipinski definition) is 1. The molecule has 2 atom stereocenters. The summed E-state index contributed by atoms with van der Waals surface area (Å²) in [5.41, 5.74) is 1.05. The van der Waals surface area contributed by atoms with Gasteiger partial charge in [-0.05, 0) is 38.3 Å². The first-order valence-electron chi connectivity index (χ1n) is 7.58. The van der Waals surface area contributed by atoms with E-state index in [0.29, 0.717) is 24.3 Å². The van der Waals surface area contributed by atoms with Crippen LogP contribution < -0.4 is 15.0 Å². The molecule has 6 heteroatoms. The lowest BCUT2D eigenvalue weighted by molar-refractivity contribution is -0.385. The van der Waals surface area contributed by atoms with Crippen LogP contribution in [0.3, 0.4) is 0 Å². The third-order valence-corrected chi connectivity index (χ3v) is 4.40. The van der Waals surface area contributed by atoms with Crippen molar-refractivity contribution in [3.63, 3.8) is 0 Å². The molecule has 0 aliphatic carbocycles. The van der Waals surface area contributed by atoms with Gasteiger partial charge in [0, 0.05) is 37.0 Å². The molecule has 0 aromatic heterocycles. The number of nitrogens with zero attached hydrogens (tertiary/aromatic N) is 2. The Morgan fingerprint density at radius 2 is 2.33 bits per heavy atom. The van der Waals surface area contributed by atoms with E-state index in [0.717, 1.165) is 25.3 Å². The number of fused-ring (bicyclic) bond motifs is 1. The lowest BCUT2D eigenvalue weighted by atomic mass is 9.94. The highest BCUT2D eigenvalue weighted by Gasteiger charge is 2.34. The van der Waals surface area contributed by atoms with Crippen LogP contribution in [0.15, 0.2) is 18.2 Å². The van der Waals surface area contributed by atoms with Gasteiger partial charge in [-0.3, -0.25) is 10.1 Å². The molecule has 2 fully saturated rings. The number of nitrogens with one attached hydrogen (secondary N) is 1. The van der Waals surface area contributed by atoms with Crippen LogP contribution in [-0.2, 0) is 0 Å². The van der Waals surface area contributed by atoms with Crippen molar-refractivity contribution in [3.05, 3.63) is 28.3 Å². The maximum atomic E-state index is 11.0. The zero-order valence-electron chi connectivity index (χ0n) is 12.2. The van der Waals surface area contributed by atoms with Crippen LogP contribution in [-0.4, -0.2) is 37.2 Å². The van der Waals surface area contributed by atoms with Crippen molar-refractivity contribution in [1.82, 2.24) is 5.32 Å². The van der Waals surface area contributed by atoms with Crippen molar-refractivity contribution < 1.29 is 9.66 Å². The fourth-order valence-electron chi connectivity index (χ4n) is 3.38. The predicted molar refractivity (Wildman–Crippen MR) is 81.0 cm³/mol. The van der Waals surface area contributed by atoms with E-state index in [9.17, 15) is 10.1 Å². The van der Waals surface area contributed by atoms with Gasteiger partial charge in [0.2, 0.25) is 0 Å². The monoisotopic (exact) mass is 291 g/mol. The van der Waals surface area contributed by atoms with Gasteiger partial charge >= 0.3 is 5.69 Å². The summed E-state index contributed by atoms with van der Waals surface area (Å²) in [7, 11) is 0. The van der Waals surface area contributed by atoms with E-state index in [4.69, 9.17) is 4.74 Å². The van der Waals surface area contributed by atoms with E-state index in [1.165, 1.54) is 12.8 Å². The average molecular weight is 291 g/mol. The Balaban J connectivity index is 1.82. The number of ether oxygens (including phenoxy) is 1. The largest absolute Gasteiger partial charge is 0.487 e. The zero-order valence-corrected chi connectivity index (χ0v) is 12.2. The summed E-state index contributed by atoms with van der Waals surface area (Å²) in [5, 5.41) is 14.6. The molecule has 0 spiro atoms. The number of piperidine rings is 1. The second-order valence-corrected chi connectivity index (χ2v) is 5.71. The summed E-state index contributed by atoms with van der Waals surface area (Å²) >= 11 is 0. The molecular weight excluding hydrogens is 270 g/mol. The number of benzene rings is 1. The maximum Gasteiger partial charge on any atom is 0.311 e. The highest BCUT2D eigenvalue weighted by Crippen LogP contribution is 2.35. The topological polar surface area (TPSA) is 67.6 Å². The Morgan fingerprint density at radius 3 is 3.05 bits per heavy atom. The second kappa shape index (κ2) is 5.89. The van der Waals surface area contributed by atoms with E-state index in [1.807, 2.05) is 13.0 Å². The molecule has 3 rings (SSSR count). The SMILES string of the molecule is CCOc1cc(N2C[C@@H]3CCCN[C@@H]3C2)ccc1[N+](=O)[O-]. The quantitative estimate of drug-likeness (QED) is 0.680. The molecule has 0 unspecified atom stereocenters. The van der Waals surface area contributed by atoms with Crippen LogP contribution >= 0.6 is 0 Å². The molecule has 2 aliphatic heterocycles. The van der Waals surface area contributed by atoms with Crippen molar-refractivity contribution in [1.29, 1.82) is 0 Å². The summed E-state index contributed by atoms with van der Waals surface area (Å²) in [6.45, 7) is 5.34. The first kappa shape index (κ1) is 14.1. The third-order valence-electron chi connectivity index (χ3n) is 4.40. The summed E-state index contributed by atoms with van der Waals surface area (Å²) in [5.74, 6) is 1.05. The van der Waals surface area contributed by atoms with Crippen LogP contribution in [0.2, 0.25) is 0 Å². The van der Waals surface area contributed by atoms with Gasteiger partial charge in [-0.2, -0.15) is 0 Å². The standard InChI is InChI=1S/C15H21N3O3/c1-2-21-15-8-12(5-6-14(15)18(19)20)17-9-11-4-3-7-16-13(11)10-17/h5-6,8,11,13,16H,2-4,7,9-10H2,1H3/t11-,13+/m0/s1. The third kappa shape index (κ3) is 2.81. The Bertz CT molecular complexity index is 521. The molecule has 0 radical (unpaired) electrons. The highest BCUT2D eigenvalue weighted by molar-refractivity contribution is 5.60. The number of hydrogen-bond acceptors (Lipinski definition) is 5. The van der Waals surface area contributed by atoms with Crippen molar-refractivity contribution >= 4 is 11.4 Å². The first-order chi connectivity index (χ1) is 10.2. The molecule has 0 saturated carbocycles. The Kier molecular flexibility index (Phi) is 3.96. The van der Waals surface area contributed by atoms with Gasteiger partial charge in [-0.25, -0.2) is 0 Å². The van der Waals surface area contributed by atoms with Gasteiger partial charge in [0.25, 0.3) is 0 Å². The summed E-state index contributed by atoms with van der Waals surface area (Å²) in [4.78, 5) is 13.0. The number of nitro groups is 1. The van der Waals surface area contributed by atoms with Gasteiger partial charge in [-0.1, -0.05) is 0 Å². The number of anilines is 1. The van der Waals surface area contributed by atoms with Crippen LogP contribution in [0.25, 0.3) is 0 Å². The van der Waals surface area contributed by atoms with Gasteiger partial charge in [0.15, 0.2) is 5.75 Å². The lowest BCUT2D eigenvalue weighted by Crippen LogP contribution is -2.40. The molecule has 114 valence electrons. The van der Waals surface area contributed by atoms with E-state index in [1.54, 1.807) is 12.1 Å². The van der Waals surface area contributed by atoms with E-state index in [-0.39, 0.29) is 10.6 Å². The molecule has 1 N–H and O–H groups in total. The Morgan fingerprint density at radius 1 is 1.48 bits per heavy atom. The molecule has 0 bridgehead atoms. The maximum absolute atomic E-state index is 11.0. The van der Waals surface area contributed by atoms with Crippen LogP contribution in [0.4, 0.5) is 11.4 Å². The minimum Gasteiger partial charge on any atom is -0.487 e. The summed E-state index contributed by atoms with van der Waals surface area (Å²) in [6, 6.07) is 5.73. The van der Waals surface area contributed by atoms with E-state index >= 15 is 0 Å². The molecule has 2 saturated heterocycles. The minimum absolute atomic E-state index is 0.0374. The fourth-order valence-corrected chi connectivity index (χ4v) is 3.38. The number of nitro benzene ring substituents is 1. The summed E-state index contributed by atoms with van der Waals surface area (Å²) < 4.78 is 5.43. The minimum atomic E-state index is -0.389. The molecule has 1 aromatic carbocycles. The van der Waals surface area contributed by atoms with Crippen molar-refractivity contribution in [2.75, 3.05) is 31.1 Å². The Hall–Kier alpha value is -1.82. The fraction of sp³-hybridized carbons (Fsp3) is 0.600. The van der Waals surface area contributed by atoms with Crippen molar-refractivity contribution in [3.8, 4) is 5.75 Å². The predicted octanol–water partition coefficient (Wildman–Crippen LogP) is 2.18. The van der Waals surface area contributed by atoms with Gasteiger partial charge in [-0.15, -0.1) is 0 Å². The molecule has 6 nitrogen and oxygen atoms in total. The molecule has 0 amide bonds. The van der Waals surface area contributed by atoms with Crippen molar-refractivity contribution in [2.24, 2.45) is 5.92 Å². The van der Waals surface area contributed by atoms with Crippen LogP contribution in [0.1, 0.15) is 19.8 Å². The van der Waals surface area contributed by atoms with Gasteiger partial charge in [0.1, 0.15) is 0 Å². The zero-order chi connectivity index (χ0) is 14.8. The van der Waals surface area contributed by atoms with Crippen molar-refractivity contribution in [2.45, 2.75) is 25.8 Å². The molecule has 2 heterocycles. The first-order valence-corrected chi connectivity index (χ1v) is 7.58. The highest BCUT2D eigenvalue weighted by atomic mass is 16.6. The molecule has 1 aromatic rings. The normalized spacial score (nSPS) is 24.7. The smallest absolute Gasteiger partial charge is 0.311 e. The summed E-state index contributed by atoms with van der Waals surface area (Å²) in [6.07, 6.45) is 2.50. The van der Waals surface area contributed by atoms with Crippen LogP contribution in [0.5, 0.6) is 5.75 Å². The van der Waals surface area contributed by atoms with Gasteiger partial charge < -0.3 is 15.0 Å².